The summed E-state index contributed by atoms with van der Waals surface area (Å²) in [6, 6.07) is 17.5. The number of nitrogens with zero attached hydrogens (tertiary/aromatic N) is 2. The van der Waals surface area contributed by atoms with Crippen molar-refractivity contribution in [3.05, 3.63) is 65.1 Å². The molecule has 0 unspecified atom stereocenters. The van der Waals surface area contributed by atoms with E-state index < -0.39 is 0 Å². The molecule has 1 saturated heterocycles. The van der Waals surface area contributed by atoms with Gasteiger partial charge in [-0.05, 0) is 68.4 Å². The SMILES string of the molecule is CCN1C(=O)/C(=C\c2cccc(OC(C)C)c2)SC1=Nc1ccccc1. The molecule has 0 atom stereocenters. The third-order valence-electron chi connectivity index (χ3n) is 3.71. The fraction of sp³-hybridized carbons (Fsp3) is 0.238. The van der Waals surface area contributed by atoms with E-state index in [1.165, 1.54) is 11.8 Å². The van der Waals surface area contributed by atoms with Gasteiger partial charge in [0.15, 0.2) is 5.17 Å². The molecule has 5 heteroatoms. The van der Waals surface area contributed by atoms with Gasteiger partial charge in [-0.1, -0.05) is 30.3 Å². The summed E-state index contributed by atoms with van der Waals surface area (Å²) < 4.78 is 5.73. The summed E-state index contributed by atoms with van der Waals surface area (Å²) in [5.74, 6) is 0.790. The number of aliphatic imine (C=N–C) groups is 1. The summed E-state index contributed by atoms with van der Waals surface area (Å²) in [6.07, 6.45) is 2.01. The Balaban J connectivity index is 1.88. The minimum absolute atomic E-state index is 0.0117. The average molecular weight is 366 g/mol. The van der Waals surface area contributed by atoms with E-state index in [2.05, 4.69) is 4.99 Å². The van der Waals surface area contributed by atoms with Crippen molar-refractivity contribution in [1.82, 2.24) is 4.90 Å². The largest absolute Gasteiger partial charge is 0.491 e. The second kappa shape index (κ2) is 8.23. The van der Waals surface area contributed by atoms with Gasteiger partial charge < -0.3 is 4.74 Å². The van der Waals surface area contributed by atoms with E-state index in [1.807, 2.05) is 81.4 Å². The number of thioether (sulfide) groups is 1. The number of likely N-dealkylation sites (N-methyl/N-ethyl adjacent to an activating group) is 1. The van der Waals surface area contributed by atoms with E-state index in [1.54, 1.807) is 4.90 Å². The van der Waals surface area contributed by atoms with Crippen LogP contribution in [0.5, 0.6) is 5.75 Å². The van der Waals surface area contributed by atoms with Gasteiger partial charge in [0.05, 0.1) is 16.7 Å². The van der Waals surface area contributed by atoms with Gasteiger partial charge in [-0.15, -0.1) is 0 Å². The predicted molar refractivity (Wildman–Crippen MR) is 109 cm³/mol. The lowest BCUT2D eigenvalue weighted by atomic mass is 10.2. The van der Waals surface area contributed by atoms with Crippen LogP contribution in [0.3, 0.4) is 0 Å². The summed E-state index contributed by atoms with van der Waals surface area (Å²) in [4.78, 5) is 19.7. The quantitative estimate of drug-likeness (QED) is 0.692. The second-order valence-corrected chi connectivity index (χ2v) is 7.14. The molecule has 1 fully saturated rings. The molecule has 1 amide bonds. The zero-order valence-electron chi connectivity index (χ0n) is 15.2. The number of ether oxygens (including phenoxy) is 1. The van der Waals surface area contributed by atoms with Crippen LogP contribution >= 0.6 is 11.8 Å². The van der Waals surface area contributed by atoms with Gasteiger partial charge in [-0.2, -0.15) is 0 Å². The van der Waals surface area contributed by atoms with Crippen LogP contribution in [-0.4, -0.2) is 28.6 Å². The summed E-state index contributed by atoms with van der Waals surface area (Å²) in [5, 5.41) is 0.713. The maximum Gasteiger partial charge on any atom is 0.266 e. The summed E-state index contributed by atoms with van der Waals surface area (Å²) in [7, 11) is 0. The Morgan fingerprint density at radius 3 is 2.62 bits per heavy atom. The van der Waals surface area contributed by atoms with Gasteiger partial charge >= 0.3 is 0 Å². The Hall–Kier alpha value is -2.53. The second-order valence-electron chi connectivity index (χ2n) is 6.13. The van der Waals surface area contributed by atoms with E-state index in [-0.39, 0.29) is 12.0 Å². The lowest BCUT2D eigenvalue weighted by molar-refractivity contribution is -0.122. The number of hydrogen-bond acceptors (Lipinski definition) is 4. The highest BCUT2D eigenvalue weighted by atomic mass is 32.2. The lowest BCUT2D eigenvalue weighted by Crippen LogP contribution is -2.28. The molecule has 0 saturated carbocycles. The van der Waals surface area contributed by atoms with Crippen molar-refractivity contribution in [2.24, 2.45) is 4.99 Å². The third-order valence-corrected chi connectivity index (χ3v) is 4.72. The average Bonchev–Trinajstić information content (AvgIpc) is 2.90. The molecule has 2 aromatic rings. The Labute approximate surface area is 158 Å². The van der Waals surface area contributed by atoms with Crippen LogP contribution in [0.2, 0.25) is 0 Å². The molecule has 0 aliphatic carbocycles. The molecule has 2 aromatic carbocycles. The van der Waals surface area contributed by atoms with Crippen LogP contribution in [0.4, 0.5) is 5.69 Å². The van der Waals surface area contributed by atoms with Crippen molar-refractivity contribution in [2.45, 2.75) is 26.9 Å². The number of carbonyl (C=O) groups is 1. The molecule has 1 heterocycles. The fourth-order valence-corrected chi connectivity index (χ4v) is 3.65. The Kier molecular flexibility index (Phi) is 5.78. The maximum atomic E-state index is 12.7. The van der Waals surface area contributed by atoms with E-state index in [0.29, 0.717) is 16.6 Å². The number of hydrogen-bond donors (Lipinski definition) is 0. The molecule has 1 aliphatic heterocycles. The van der Waals surface area contributed by atoms with Gasteiger partial charge in [-0.3, -0.25) is 9.69 Å². The number of carbonyl (C=O) groups excluding carboxylic acids is 1. The molecule has 0 spiro atoms. The van der Waals surface area contributed by atoms with E-state index in [4.69, 9.17) is 4.74 Å². The zero-order chi connectivity index (χ0) is 18.5. The standard InChI is InChI=1S/C21H22N2O2S/c1-4-23-20(24)19(26-21(23)22-17-10-6-5-7-11-17)14-16-9-8-12-18(13-16)25-15(2)3/h5-15H,4H2,1-3H3/b19-14+,22-21?. The van der Waals surface area contributed by atoms with Crippen molar-refractivity contribution in [2.75, 3.05) is 6.54 Å². The van der Waals surface area contributed by atoms with Crippen molar-refractivity contribution >= 4 is 34.6 Å². The molecule has 0 radical (unpaired) electrons. The Bertz CT molecular complexity index is 844. The predicted octanol–water partition coefficient (Wildman–Crippen LogP) is 5.10. The smallest absolute Gasteiger partial charge is 0.266 e. The first kappa shape index (κ1) is 18.3. The van der Waals surface area contributed by atoms with Crippen LogP contribution in [0.1, 0.15) is 26.3 Å². The molecule has 4 nitrogen and oxygen atoms in total. The summed E-state index contributed by atoms with van der Waals surface area (Å²) in [5.41, 5.74) is 1.78. The third kappa shape index (κ3) is 4.35. The van der Waals surface area contributed by atoms with Crippen LogP contribution in [0, 0.1) is 0 Å². The first-order valence-electron chi connectivity index (χ1n) is 8.68. The topological polar surface area (TPSA) is 41.9 Å². The highest BCUT2D eigenvalue weighted by Gasteiger charge is 2.32. The highest BCUT2D eigenvalue weighted by Crippen LogP contribution is 2.34. The minimum atomic E-state index is -0.0117. The normalized spacial score (nSPS) is 17.5. The van der Waals surface area contributed by atoms with Crippen molar-refractivity contribution < 1.29 is 9.53 Å². The van der Waals surface area contributed by atoms with Gasteiger partial charge in [-0.25, -0.2) is 4.99 Å². The molecular formula is C21H22N2O2S. The Morgan fingerprint density at radius 2 is 1.92 bits per heavy atom. The number of amidine groups is 1. The van der Waals surface area contributed by atoms with Crippen LogP contribution in [0.15, 0.2) is 64.5 Å². The highest BCUT2D eigenvalue weighted by molar-refractivity contribution is 8.18. The summed E-state index contributed by atoms with van der Waals surface area (Å²) >= 11 is 1.41. The minimum Gasteiger partial charge on any atom is -0.491 e. The zero-order valence-corrected chi connectivity index (χ0v) is 16.0. The number of rotatable bonds is 5. The first-order chi connectivity index (χ1) is 12.6. The number of benzene rings is 2. The van der Waals surface area contributed by atoms with Crippen molar-refractivity contribution in [3.63, 3.8) is 0 Å². The van der Waals surface area contributed by atoms with Gasteiger partial charge in [0.1, 0.15) is 5.75 Å². The molecule has 3 rings (SSSR count). The molecule has 0 aromatic heterocycles. The van der Waals surface area contributed by atoms with Crippen LogP contribution in [-0.2, 0) is 4.79 Å². The number of amides is 1. The lowest BCUT2D eigenvalue weighted by Gasteiger charge is -2.12. The molecule has 1 aliphatic rings. The Morgan fingerprint density at radius 1 is 1.15 bits per heavy atom. The van der Waals surface area contributed by atoms with E-state index >= 15 is 0 Å². The molecule has 26 heavy (non-hydrogen) atoms. The first-order valence-corrected chi connectivity index (χ1v) is 9.50. The van der Waals surface area contributed by atoms with Gasteiger partial charge in [0.25, 0.3) is 5.91 Å². The molecular weight excluding hydrogens is 344 g/mol. The fourth-order valence-electron chi connectivity index (χ4n) is 2.58. The van der Waals surface area contributed by atoms with E-state index in [0.717, 1.165) is 17.0 Å². The van der Waals surface area contributed by atoms with Gasteiger partial charge in [0, 0.05) is 6.54 Å². The van der Waals surface area contributed by atoms with Crippen molar-refractivity contribution in [3.8, 4) is 5.75 Å². The number of para-hydroxylation sites is 1. The monoisotopic (exact) mass is 366 g/mol. The van der Waals surface area contributed by atoms with Crippen LogP contribution < -0.4 is 4.74 Å². The molecule has 0 N–H and O–H groups in total. The maximum absolute atomic E-state index is 12.7. The van der Waals surface area contributed by atoms with Gasteiger partial charge in [0.2, 0.25) is 0 Å². The van der Waals surface area contributed by atoms with Crippen molar-refractivity contribution in [1.29, 1.82) is 0 Å². The summed E-state index contributed by atoms with van der Waals surface area (Å²) in [6.45, 7) is 6.53. The van der Waals surface area contributed by atoms with Crippen LogP contribution in [0.25, 0.3) is 6.08 Å². The van der Waals surface area contributed by atoms with E-state index in [9.17, 15) is 4.79 Å². The molecule has 134 valence electrons. The molecule has 0 bridgehead atoms.